The van der Waals surface area contributed by atoms with Crippen molar-refractivity contribution in [2.75, 3.05) is 5.32 Å². The smallest absolute Gasteiger partial charge is 0.307 e. The van der Waals surface area contributed by atoms with Crippen LogP contribution in [0.5, 0.6) is 0 Å². The lowest BCUT2D eigenvalue weighted by Crippen LogP contribution is -2.24. The van der Waals surface area contributed by atoms with Crippen molar-refractivity contribution in [2.45, 2.75) is 0 Å². The number of nitrogens with zero attached hydrogens (tertiary/aromatic N) is 1. The predicted octanol–water partition coefficient (Wildman–Crippen LogP) is 4.51. The molecular weight excluding hydrogens is 298 g/mol. The fourth-order valence-corrected chi connectivity index (χ4v) is 2.24. The van der Waals surface area contributed by atoms with Gasteiger partial charge in [-0.2, -0.15) is 5.10 Å². The molecule has 0 spiro atoms. The zero-order chi connectivity index (χ0) is 16.6. The first-order chi connectivity index (χ1) is 11.8. The number of carbonyl (C=O) groups is 1. The van der Waals surface area contributed by atoms with E-state index in [1.54, 1.807) is 6.21 Å². The monoisotopic (exact) mass is 315 g/mol. The molecule has 0 saturated heterocycles. The lowest BCUT2D eigenvalue weighted by atomic mass is 10.0. The average Bonchev–Trinajstić information content (AvgIpc) is 2.64. The summed E-state index contributed by atoms with van der Waals surface area (Å²) in [6, 6.07) is 27.0. The summed E-state index contributed by atoms with van der Waals surface area (Å²) in [4.78, 5) is 11.7. The molecule has 2 amide bonds. The quantitative estimate of drug-likeness (QED) is 0.540. The van der Waals surface area contributed by atoms with E-state index < -0.39 is 0 Å². The largest absolute Gasteiger partial charge is 0.339 e. The van der Waals surface area contributed by atoms with E-state index in [-0.39, 0.29) is 6.03 Å². The molecule has 24 heavy (non-hydrogen) atoms. The number of rotatable bonds is 4. The summed E-state index contributed by atoms with van der Waals surface area (Å²) in [5.41, 5.74) is 6.39. The van der Waals surface area contributed by atoms with Crippen molar-refractivity contribution in [2.24, 2.45) is 5.10 Å². The first kappa shape index (κ1) is 15.5. The van der Waals surface area contributed by atoms with Crippen LogP contribution < -0.4 is 10.7 Å². The second-order valence-corrected chi connectivity index (χ2v) is 5.18. The molecular formula is C20H17N3O. The third-order valence-corrected chi connectivity index (χ3v) is 3.43. The van der Waals surface area contributed by atoms with Gasteiger partial charge < -0.3 is 5.32 Å². The highest BCUT2D eigenvalue weighted by Crippen LogP contribution is 2.18. The Kier molecular flexibility index (Phi) is 5.00. The molecule has 0 saturated carbocycles. The molecule has 118 valence electrons. The SMILES string of the molecule is O=C(NN=Cc1ccc(-c2ccccc2)cc1)Nc1ccccc1. The number of hydrazone groups is 1. The Bertz CT molecular complexity index is 813. The van der Waals surface area contributed by atoms with Gasteiger partial charge in [0, 0.05) is 5.69 Å². The third kappa shape index (κ3) is 4.30. The maximum Gasteiger partial charge on any atom is 0.339 e. The van der Waals surface area contributed by atoms with Crippen LogP contribution in [0.15, 0.2) is 90.0 Å². The van der Waals surface area contributed by atoms with Gasteiger partial charge in [0.15, 0.2) is 0 Å². The van der Waals surface area contributed by atoms with Crippen molar-refractivity contribution < 1.29 is 4.79 Å². The summed E-state index contributed by atoms with van der Waals surface area (Å²) in [6.45, 7) is 0. The summed E-state index contributed by atoms with van der Waals surface area (Å²) in [7, 11) is 0. The van der Waals surface area contributed by atoms with Crippen LogP contribution in [0.3, 0.4) is 0 Å². The standard InChI is InChI=1S/C20H17N3O/c24-20(22-19-9-5-2-6-10-19)23-21-15-16-11-13-18(14-12-16)17-7-3-1-4-8-17/h1-15H,(H2,22,23,24). The van der Waals surface area contributed by atoms with E-state index in [0.29, 0.717) is 0 Å². The lowest BCUT2D eigenvalue weighted by molar-refractivity contribution is 0.252. The van der Waals surface area contributed by atoms with Crippen molar-refractivity contribution in [1.82, 2.24) is 5.43 Å². The molecule has 3 aromatic carbocycles. The van der Waals surface area contributed by atoms with Crippen LogP contribution in [0, 0.1) is 0 Å². The second-order valence-electron chi connectivity index (χ2n) is 5.18. The molecule has 3 aromatic rings. The predicted molar refractivity (Wildman–Crippen MR) is 98.1 cm³/mol. The molecule has 0 bridgehead atoms. The molecule has 0 aliphatic heterocycles. The number of para-hydroxylation sites is 1. The first-order valence-electron chi connectivity index (χ1n) is 7.62. The van der Waals surface area contributed by atoms with Gasteiger partial charge in [-0.15, -0.1) is 0 Å². The molecule has 0 aromatic heterocycles. The van der Waals surface area contributed by atoms with Gasteiger partial charge in [-0.1, -0.05) is 72.8 Å². The average molecular weight is 315 g/mol. The molecule has 0 heterocycles. The van der Waals surface area contributed by atoms with Crippen molar-refractivity contribution in [3.05, 3.63) is 90.5 Å². The van der Waals surface area contributed by atoms with E-state index in [9.17, 15) is 4.79 Å². The second kappa shape index (κ2) is 7.74. The minimum Gasteiger partial charge on any atom is -0.307 e. The van der Waals surface area contributed by atoms with Crippen molar-refractivity contribution in [3.63, 3.8) is 0 Å². The van der Waals surface area contributed by atoms with Gasteiger partial charge in [0.2, 0.25) is 0 Å². The summed E-state index contributed by atoms with van der Waals surface area (Å²) in [6.07, 6.45) is 1.61. The van der Waals surface area contributed by atoms with Gasteiger partial charge in [-0.05, 0) is 28.8 Å². The highest BCUT2D eigenvalue weighted by atomic mass is 16.2. The van der Waals surface area contributed by atoms with Gasteiger partial charge in [-0.3, -0.25) is 0 Å². The van der Waals surface area contributed by atoms with Crippen LogP contribution in [0.25, 0.3) is 11.1 Å². The van der Waals surface area contributed by atoms with Crippen LogP contribution in [0.4, 0.5) is 10.5 Å². The Morgan fingerprint density at radius 1 is 0.750 bits per heavy atom. The zero-order valence-corrected chi connectivity index (χ0v) is 13.0. The Morgan fingerprint density at radius 3 is 2.00 bits per heavy atom. The molecule has 2 N–H and O–H groups in total. The molecule has 0 unspecified atom stereocenters. The van der Waals surface area contributed by atoms with Crippen LogP contribution in [-0.4, -0.2) is 12.2 Å². The maximum absolute atomic E-state index is 11.7. The van der Waals surface area contributed by atoms with Crippen molar-refractivity contribution in [3.8, 4) is 11.1 Å². The van der Waals surface area contributed by atoms with Gasteiger partial charge in [0.1, 0.15) is 0 Å². The van der Waals surface area contributed by atoms with Gasteiger partial charge in [0.25, 0.3) is 0 Å². The fraction of sp³-hybridized carbons (Fsp3) is 0. The topological polar surface area (TPSA) is 53.5 Å². The Balaban J connectivity index is 1.56. The summed E-state index contributed by atoms with van der Waals surface area (Å²) >= 11 is 0. The number of anilines is 1. The van der Waals surface area contributed by atoms with Crippen LogP contribution in [-0.2, 0) is 0 Å². The van der Waals surface area contributed by atoms with E-state index in [1.165, 1.54) is 5.56 Å². The van der Waals surface area contributed by atoms with Gasteiger partial charge in [0.05, 0.1) is 6.21 Å². The van der Waals surface area contributed by atoms with Crippen molar-refractivity contribution in [1.29, 1.82) is 0 Å². The van der Waals surface area contributed by atoms with E-state index in [2.05, 4.69) is 28.0 Å². The normalized spacial score (nSPS) is 10.5. The number of urea groups is 1. The molecule has 0 aliphatic carbocycles. The Morgan fingerprint density at radius 2 is 1.33 bits per heavy atom. The number of benzene rings is 3. The first-order valence-corrected chi connectivity index (χ1v) is 7.62. The van der Waals surface area contributed by atoms with Crippen LogP contribution in [0.2, 0.25) is 0 Å². The number of nitrogens with one attached hydrogen (secondary N) is 2. The van der Waals surface area contributed by atoms with Crippen LogP contribution in [0.1, 0.15) is 5.56 Å². The molecule has 4 heteroatoms. The van der Waals surface area contributed by atoms with E-state index >= 15 is 0 Å². The number of hydrogen-bond donors (Lipinski definition) is 2. The lowest BCUT2D eigenvalue weighted by Gasteiger charge is -2.03. The van der Waals surface area contributed by atoms with Gasteiger partial charge in [-0.25, -0.2) is 10.2 Å². The number of hydrogen-bond acceptors (Lipinski definition) is 2. The molecule has 4 nitrogen and oxygen atoms in total. The highest BCUT2D eigenvalue weighted by Gasteiger charge is 1.99. The fourth-order valence-electron chi connectivity index (χ4n) is 2.24. The third-order valence-electron chi connectivity index (χ3n) is 3.43. The Labute approximate surface area is 140 Å². The molecule has 0 atom stereocenters. The number of amides is 2. The minimum atomic E-state index is -0.377. The van der Waals surface area contributed by atoms with E-state index in [4.69, 9.17) is 0 Å². The Hall–Kier alpha value is -3.40. The molecule has 3 rings (SSSR count). The van der Waals surface area contributed by atoms with E-state index in [1.807, 2.05) is 72.8 Å². The summed E-state index contributed by atoms with van der Waals surface area (Å²) in [5.74, 6) is 0. The molecule has 0 fully saturated rings. The van der Waals surface area contributed by atoms with Gasteiger partial charge >= 0.3 is 6.03 Å². The summed E-state index contributed by atoms with van der Waals surface area (Å²) in [5, 5.41) is 6.65. The minimum absolute atomic E-state index is 0.377. The molecule has 0 radical (unpaired) electrons. The van der Waals surface area contributed by atoms with Crippen LogP contribution >= 0.6 is 0 Å². The summed E-state index contributed by atoms with van der Waals surface area (Å²) < 4.78 is 0. The zero-order valence-electron chi connectivity index (χ0n) is 13.0. The van der Waals surface area contributed by atoms with E-state index in [0.717, 1.165) is 16.8 Å². The maximum atomic E-state index is 11.7. The molecule has 0 aliphatic rings. The van der Waals surface area contributed by atoms with Crippen molar-refractivity contribution >= 4 is 17.9 Å². The number of carbonyl (C=O) groups excluding carboxylic acids is 1. The highest BCUT2D eigenvalue weighted by molar-refractivity contribution is 5.90.